The van der Waals surface area contributed by atoms with E-state index in [2.05, 4.69) is 22.1 Å². The molecule has 3 rings (SSSR count). The first-order valence-corrected chi connectivity index (χ1v) is 8.77. The van der Waals surface area contributed by atoms with E-state index in [1.807, 2.05) is 36.5 Å². The molecule has 1 aromatic carbocycles. The molecular formula is C20H25N3O2. The summed E-state index contributed by atoms with van der Waals surface area (Å²) < 4.78 is 5.32. The molecule has 2 heterocycles. The van der Waals surface area contributed by atoms with E-state index in [0.717, 1.165) is 36.0 Å². The Bertz CT molecular complexity index is 724. The van der Waals surface area contributed by atoms with Gasteiger partial charge in [0.15, 0.2) is 0 Å². The first-order valence-electron chi connectivity index (χ1n) is 8.77. The minimum atomic E-state index is -0.120. The maximum Gasteiger partial charge on any atom is 0.253 e. The molecule has 0 saturated carbocycles. The minimum Gasteiger partial charge on any atom is -0.496 e. The monoisotopic (exact) mass is 339 g/mol. The van der Waals surface area contributed by atoms with Crippen molar-refractivity contribution in [3.8, 4) is 5.75 Å². The fourth-order valence-corrected chi connectivity index (χ4v) is 3.12. The molecule has 1 saturated heterocycles. The number of hydrogen-bond acceptors (Lipinski definition) is 4. The van der Waals surface area contributed by atoms with Crippen LogP contribution in [0.15, 0.2) is 42.7 Å². The number of anilines is 1. The van der Waals surface area contributed by atoms with E-state index in [4.69, 9.17) is 4.74 Å². The lowest BCUT2D eigenvalue weighted by atomic mass is 9.99. The van der Waals surface area contributed by atoms with Crippen molar-refractivity contribution in [1.82, 2.24) is 10.3 Å². The zero-order valence-corrected chi connectivity index (χ0v) is 14.9. The SMILES string of the molecule is COc1ccccc1CNC(=O)c1cncc(N2CCC(C)CC2)c1. The first kappa shape index (κ1) is 17.3. The van der Waals surface area contributed by atoms with Gasteiger partial charge in [0, 0.05) is 31.4 Å². The van der Waals surface area contributed by atoms with Crippen LogP contribution in [0.2, 0.25) is 0 Å². The molecule has 0 radical (unpaired) electrons. The van der Waals surface area contributed by atoms with Gasteiger partial charge >= 0.3 is 0 Å². The van der Waals surface area contributed by atoms with E-state index in [9.17, 15) is 4.79 Å². The van der Waals surface area contributed by atoms with E-state index in [1.54, 1.807) is 13.3 Å². The molecule has 1 aliphatic rings. The Balaban J connectivity index is 1.65. The Hall–Kier alpha value is -2.56. The summed E-state index contributed by atoms with van der Waals surface area (Å²) in [7, 11) is 1.63. The number of rotatable bonds is 5. The highest BCUT2D eigenvalue weighted by Gasteiger charge is 2.17. The molecular weight excluding hydrogens is 314 g/mol. The lowest BCUT2D eigenvalue weighted by molar-refractivity contribution is 0.0950. The van der Waals surface area contributed by atoms with E-state index >= 15 is 0 Å². The largest absolute Gasteiger partial charge is 0.496 e. The maximum atomic E-state index is 12.5. The van der Waals surface area contributed by atoms with Gasteiger partial charge in [-0.25, -0.2) is 0 Å². The topological polar surface area (TPSA) is 54.5 Å². The van der Waals surface area contributed by atoms with Crippen LogP contribution in [0.3, 0.4) is 0 Å². The van der Waals surface area contributed by atoms with Gasteiger partial charge in [0.1, 0.15) is 5.75 Å². The van der Waals surface area contributed by atoms with Crippen LogP contribution in [-0.4, -0.2) is 31.1 Å². The number of pyridine rings is 1. The van der Waals surface area contributed by atoms with Gasteiger partial charge in [-0.05, 0) is 30.9 Å². The molecule has 132 valence electrons. The van der Waals surface area contributed by atoms with Crippen molar-refractivity contribution in [3.63, 3.8) is 0 Å². The molecule has 0 bridgehead atoms. The third kappa shape index (κ3) is 4.29. The Labute approximate surface area is 149 Å². The molecule has 0 spiro atoms. The summed E-state index contributed by atoms with van der Waals surface area (Å²) in [5.74, 6) is 1.43. The number of ether oxygens (including phenoxy) is 1. The Morgan fingerprint density at radius 3 is 2.80 bits per heavy atom. The van der Waals surface area contributed by atoms with E-state index in [0.29, 0.717) is 12.1 Å². The van der Waals surface area contributed by atoms with Crippen LogP contribution in [0.5, 0.6) is 5.75 Å². The average Bonchev–Trinajstić information content (AvgIpc) is 2.67. The highest BCUT2D eigenvalue weighted by molar-refractivity contribution is 5.94. The Morgan fingerprint density at radius 1 is 1.28 bits per heavy atom. The minimum absolute atomic E-state index is 0.120. The number of amides is 1. The second-order valence-electron chi connectivity index (χ2n) is 6.60. The zero-order chi connectivity index (χ0) is 17.6. The van der Waals surface area contributed by atoms with E-state index in [-0.39, 0.29) is 5.91 Å². The van der Waals surface area contributed by atoms with Crippen LogP contribution >= 0.6 is 0 Å². The molecule has 25 heavy (non-hydrogen) atoms. The van der Waals surface area contributed by atoms with Crippen molar-refractivity contribution >= 4 is 11.6 Å². The number of carbonyl (C=O) groups excluding carboxylic acids is 1. The third-order valence-corrected chi connectivity index (χ3v) is 4.77. The van der Waals surface area contributed by atoms with Crippen molar-refractivity contribution in [2.75, 3.05) is 25.1 Å². The van der Waals surface area contributed by atoms with Gasteiger partial charge in [0.25, 0.3) is 5.91 Å². The highest BCUT2D eigenvalue weighted by atomic mass is 16.5. The maximum absolute atomic E-state index is 12.5. The first-order chi connectivity index (χ1) is 12.2. The molecule has 1 amide bonds. The predicted molar refractivity (Wildman–Crippen MR) is 99.0 cm³/mol. The summed E-state index contributed by atoms with van der Waals surface area (Å²) in [6.45, 7) is 4.76. The number of para-hydroxylation sites is 1. The number of methoxy groups -OCH3 is 1. The van der Waals surface area contributed by atoms with Crippen LogP contribution < -0.4 is 15.0 Å². The molecule has 0 aliphatic carbocycles. The van der Waals surface area contributed by atoms with Gasteiger partial charge in [-0.2, -0.15) is 0 Å². The van der Waals surface area contributed by atoms with Gasteiger partial charge in [-0.15, -0.1) is 0 Å². The highest BCUT2D eigenvalue weighted by Crippen LogP contribution is 2.23. The number of hydrogen-bond donors (Lipinski definition) is 1. The quantitative estimate of drug-likeness (QED) is 0.908. The summed E-state index contributed by atoms with van der Waals surface area (Å²) >= 11 is 0. The van der Waals surface area contributed by atoms with Gasteiger partial charge in [0.05, 0.1) is 24.6 Å². The summed E-state index contributed by atoms with van der Waals surface area (Å²) in [6.07, 6.45) is 5.83. The average molecular weight is 339 g/mol. The zero-order valence-electron chi connectivity index (χ0n) is 14.9. The van der Waals surface area contributed by atoms with Crippen molar-refractivity contribution < 1.29 is 9.53 Å². The van der Waals surface area contributed by atoms with Gasteiger partial charge < -0.3 is 15.0 Å². The van der Waals surface area contributed by atoms with Gasteiger partial charge in [-0.3, -0.25) is 9.78 Å². The van der Waals surface area contributed by atoms with E-state index in [1.165, 1.54) is 12.8 Å². The second-order valence-corrected chi connectivity index (χ2v) is 6.60. The standard InChI is InChI=1S/C20H25N3O2/c1-15-7-9-23(10-8-15)18-11-17(12-21-14-18)20(24)22-13-16-5-3-4-6-19(16)25-2/h3-6,11-12,14-15H,7-10,13H2,1-2H3,(H,22,24). The van der Waals surface area contributed by atoms with Crippen LogP contribution in [0.25, 0.3) is 0 Å². The van der Waals surface area contributed by atoms with Crippen LogP contribution in [0.1, 0.15) is 35.7 Å². The second kappa shape index (κ2) is 8.01. The molecule has 5 nitrogen and oxygen atoms in total. The normalized spacial score (nSPS) is 15.0. The Kier molecular flexibility index (Phi) is 5.53. The fraction of sp³-hybridized carbons (Fsp3) is 0.400. The summed E-state index contributed by atoms with van der Waals surface area (Å²) in [5.41, 5.74) is 2.57. The molecule has 0 unspecified atom stereocenters. The van der Waals surface area contributed by atoms with Crippen molar-refractivity contribution in [2.24, 2.45) is 5.92 Å². The van der Waals surface area contributed by atoms with Crippen LogP contribution in [-0.2, 0) is 6.54 Å². The van der Waals surface area contributed by atoms with Crippen molar-refractivity contribution in [1.29, 1.82) is 0 Å². The number of benzene rings is 1. The predicted octanol–water partition coefficient (Wildman–Crippen LogP) is 3.26. The molecule has 5 heteroatoms. The van der Waals surface area contributed by atoms with Crippen LogP contribution in [0, 0.1) is 5.92 Å². The van der Waals surface area contributed by atoms with Crippen molar-refractivity contribution in [3.05, 3.63) is 53.9 Å². The number of carbonyl (C=O) groups is 1. The molecule has 1 aromatic heterocycles. The Morgan fingerprint density at radius 2 is 2.04 bits per heavy atom. The smallest absolute Gasteiger partial charge is 0.253 e. The molecule has 1 aliphatic heterocycles. The third-order valence-electron chi connectivity index (χ3n) is 4.77. The lowest BCUT2D eigenvalue weighted by Crippen LogP contribution is -2.33. The summed E-state index contributed by atoms with van der Waals surface area (Å²) in [6, 6.07) is 9.62. The number of aromatic nitrogens is 1. The molecule has 2 aromatic rings. The van der Waals surface area contributed by atoms with Gasteiger partial charge in [-0.1, -0.05) is 25.1 Å². The molecule has 0 atom stereocenters. The number of piperidine rings is 1. The number of nitrogens with zero attached hydrogens (tertiary/aromatic N) is 2. The van der Waals surface area contributed by atoms with E-state index < -0.39 is 0 Å². The van der Waals surface area contributed by atoms with Crippen molar-refractivity contribution in [2.45, 2.75) is 26.3 Å². The summed E-state index contributed by atoms with van der Waals surface area (Å²) in [5, 5.41) is 2.95. The summed E-state index contributed by atoms with van der Waals surface area (Å²) in [4.78, 5) is 19.1. The number of nitrogens with one attached hydrogen (secondary N) is 1. The van der Waals surface area contributed by atoms with Gasteiger partial charge in [0.2, 0.25) is 0 Å². The fourth-order valence-electron chi connectivity index (χ4n) is 3.12. The molecule has 1 fully saturated rings. The lowest BCUT2D eigenvalue weighted by Gasteiger charge is -2.32. The van der Waals surface area contributed by atoms with Crippen LogP contribution in [0.4, 0.5) is 5.69 Å². The molecule has 1 N–H and O–H groups in total.